The highest BCUT2D eigenvalue weighted by Crippen LogP contribution is 2.29. The first-order valence-corrected chi connectivity index (χ1v) is 7.33. The molecule has 1 rings (SSSR count). The molecule has 0 spiro atoms. The van der Waals surface area contributed by atoms with Crippen LogP contribution in [0, 0.1) is 0 Å². The molecule has 1 aromatic carbocycles. The van der Waals surface area contributed by atoms with E-state index in [-0.39, 0.29) is 11.4 Å². The zero-order chi connectivity index (χ0) is 14.3. The van der Waals surface area contributed by atoms with E-state index in [1.54, 1.807) is 6.07 Å². The van der Waals surface area contributed by atoms with Gasteiger partial charge in [0.25, 0.3) is 0 Å². The summed E-state index contributed by atoms with van der Waals surface area (Å²) in [6.45, 7) is 2.97. The third kappa shape index (κ3) is 4.38. The van der Waals surface area contributed by atoms with Crippen LogP contribution >= 0.6 is 0 Å². The second-order valence-electron chi connectivity index (χ2n) is 3.61. The highest BCUT2D eigenvalue weighted by Gasteiger charge is 2.16. The predicted molar refractivity (Wildman–Crippen MR) is 71.2 cm³/mol. The van der Waals surface area contributed by atoms with Crippen molar-refractivity contribution in [2.24, 2.45) is 0 Å². The number of sulfonamides is 1. The molecular weight excluding hydrogens is 270 g/mol. The smallest absolute Gasteiger partial charge is 0.240 e. The summed E-state index contributed by atoms with van der Waals surface area (Å²) in [6, 6.07) is 4.43. The Kier molecular flexibility index (Phi) is 6.07. The molecule has 0 aliphatic carbocycles. The van der Waals surface area contributed by atoms with Gasteiger partial charge in [0.1, 0.15) is 0 Å². The molecule has 0 heterocycles. The molecule has 0 aliphatic heterocycles. The molecule has 0 aliphatic rings. The molecule has 19 heavy (non-hydrogen) atoms. The minimum atomic E-state index is -3.56. The molecule has 0 saturated heterocycles. The SMILES string of the molecule is CCOCCNS(=O)(=O)c1ccc(OC)c(OC)c1. The van der Waals surface area contributed by atoms with Gasteiger partial charge in [0.05, 0.1) is 25.7 Å². The molecular formula is C12H19NO5S. The Labute approximate surface area is 113 Å². The third-order valence-electron chi connectivity index (χ3n) is 2.41. The predicted octanol–water partition coefficient (Wildman–Crippen LogP) is 1.02. The van der Waals surface area contributed by atoms with Gasteiger partial charge in [0, 0.05) is 19.2 Å². The van der Waals surface area contributed by atoms with Gasteiger partial charge < -0.3 is 14.2 Å². The van der Waals surface area contributed by atoms with Gasteiger partial charge in [-0.15, -0.1) is 0 Å². The van der Waals surface area contributed by atoms with Crippen molar-refractivity contribution in [3.05, 3.63) is 18.2 Å². The molecule has 1 N–H and O–H groups in total. The van der Waals surface area contributed by atoms with Crippen LogP contribution in [0.4, 0.5) is 0 Å². The maximum atomic E-state index is 12.0. The maximum Gasteiger partial charge on any atom is 0.240 e. The second kappa shape index (κ2) is 7.32. The second-order valence-corrected chi connectivity index (χ2v) is 5.38. The van der Waals surface area contributed by atoms with E-state index in [0.29, 0.717) is 24.7 Å². The number of nitrogens with one attached hydrogen (secondary N) is 1. The number of benzene rings is 1. The topological polar surface area (TPSA) is 73.9 Å². The van der Waals surface area contributed by atoms with Gasteiger partial charge >= 0.3 is 0 Å². The van der Waals surface area contributed by atoms with E-state index < -0.39 is 10.0 Å². The van der Waals surface area contributed by atoms with Crippen LogP contribution in [0.3, 0.4) is 0 Å². The van der Waals surface area contributed by atoms with Gasteiger partial charge in [0.15, 0.2) is 11.5 Å². The Bertz CT molecular complexity index is 501. The van der Waals surface area contributed by atoms with E-state index in [2.05, 4.69) is 4.72 Å². The van der Waals surface area contributed by atoms with Crippen molar-refractivity contribution in [3.63, 3.8) is 0 Å². The average molecular weight is 289 g/mol. The summed E-state index contributed by atoms with van der Waals surface area (Å²) in [7, 11) is -0.616. The third-order valence-corrected chi connectivity index (χ3v) is 3.87. The summed E-state index contributed by atoms with van der Waals surface area (Å²) in [6.07, 6.45) is 0. The lowest BCUT2D eigenvalue weighted by atomic mass is 10.3. The molecule has 0 atom stereocenters. The monoisotopic (exact) mass is 289 g/mol. The van der Waals surface area contributed by atoms with E-state index >= 15 is 0 Å². The molecule has 1 aromatic rings. The standard InChI is InChI=1S/C12H19NO5S/c1-4-18-8-7-13-19(14,15)10-5-6-11(16-2)12(9-10)17-3/h5-6,9,13H,4,7-8H2,1-3H3. The van der Waals surface area contributed by atoms with E-state index in [1.165, 1.54) is 26.4 Å². The van der Waals surface area contributed by atoms with Crippen molar-refractivity contribution in [1.82, 2.24) is 4.72 Å². The van der Waals surface area contributed by atoms with Crippen molar-refractivity contribution in [2.45, 2.75) is 11.8 Å². The largest absolute Gasteiger partial charge is 0.493 e. The summed E-state index contributed by atoms with van der Waals surface area (Å²) < 4.78 is 41.7. The summed E-state index contributed by atoms with van der Waals surface area (Å²) in [5, 5.41) is 0. The normalized spacial score (nSPS) is 11.3. The Morgan fingerprint density at radius 1 is 1.16 bits per heavy atom. The van der Waals surface area contributed by atoms with E-state index in [4.69, 9.17) is 14.2 Å². The van der Waals surface area contributed by atoms with Crippen LogP contribution in [-0.2, 0) is 14.8 Å². The first kappa shape index (κ1) is 15.7. The molecule has 0 aromatic heterocycles. The Morgan fingerprint density at radius 2 is 1.84 bits per heavy atom. The van der Waals surface area contributed by atoms with Crippen LogP contribution in [0.15, 0.2) is 23.1 Å². The van der Waals surface area contributed by atoms with Crippen molar-refractivity contribution < 1.29 is 22.6 Å². The molecule has 6 nitrogen and oxygen atoms in total. The average Bonchev–Trinajstić information content (AvgIpc) is 2.42. The fourth-order valence-corrected chi connectivity index (χ4v) is 2.49. The molecule has 0 saturated carbocycles. The molecule has 0 unspecified atom stereocenters. The molecule has 0 bridgehead atoms. The van der Waals surface area contributed by atoms with Crippen molar-refractivity contribution in [2.75, 3.05) is 34.0 Å². The summed E-state index contributed by atoms with van der Waals surface area (Å²) in [5.74, 6) is 0.853. The molecule has 0 fully saturated rings. The van der Waals surface area contributed by atoms with Gasteiger partial charge in [-0.25, -0.2) is 13.1 Å². The lowest BCUT2D eigenvalue weighted by molar-refractivity contribution is 0.153. The fourth-order valence-electron chi connectivity index (χ4n) is 1.46. The van der Waals surface area contributed by atoms with Crippen LogP contribution in [0.1, 0.15) is 6.92 Å². The number of ether oxygens (including phenoxy) is 3. The summed E-state index contributed by atoms with van der Waals surface area (Å²) >= 11 is 0. The van der Waals surface area contributed by atoms with Gasteiger partial charge in [-0.1, -0.05) is 0 Å². The summed E-state index contributed by atoms with van der Waals surface area (Å²) in [4.78, 5) is 0.127. The van der Waals surface area contributed by atoms with E-state index in [1.807, 2.05) is 6.92 Å². The lowest BCUT2D eigenvalue weighted by Gasteiger charge is -2.11. The highest BCUT2D eigenvalue weighted by atomic mass is 32.2. The van der Waals surface area contributed by atoms with Crippen LogP contribution in [-0.4, -0.2) is 42.4 Å². The molecule has 108 valence electrons. The fraction of sp³-hybridized carbons (Fsp3) is 0.500. The lowest BCUT2D eigenvalue weighted by Crippen LogP contribution is -2.27. The highest BCUT2D eigenvalue weighted by molar-refractivity contribution is 7.89. The molecule has 0 amide bonds. The number of hydrogen-bond acceptors (Lipinski definition) is 5. The quantitative estimate of drug-likeness (QED) is 0.723. The van der Waals surface area contributed by atoms with Crippen LogP contribution in [0.2, 0.25) is 0 Å². The minimum absolute atomic E-state index is 0.127. The number of rotatable bonds is 8. The first-order chi connectivity index (χ1) is 9.05. The molecule has 0 radical (unpaired) electrons. The first-order valence-electron chi connectivity index (χ1n) is 5.84. The number of methoxy groups -OCH3 is 2. The zero-order valence-corrected chi connectivity index (χ0v) is 12.1. The van der Waals surface area contributed by atoms with Crippen molar-refractivity contribution in [1.29, 1.82) is 0 Å². The van der Waals surface area contributed by atoms with Gasteiger partial charge in [-0.3, -0.25) is 0 Å². The van der Waals surface area contributed by atoms with Gasteiger partial charge in [0.2, 0.25) is 10.0 Å². The number of hydrogen-bond donors (Lipinski definition) is 1. The van der Waals surface area contributed by atoms with Crippen LogP contribution in [0.5, 0.6) is 11.5 Å². The van der Waals surface area contributed by atoms with Crippen molar-refractivity contribution in [3.8, 4) is 11.5 Å². The summed E-state index contributed by atoms with van der Waals surface area (Å²) in [5.41, 5.74) is 0. The van der Waals surface area contributed by atoms with E-state index in [0.717, 1.165) is 0 Å². The zero-order valence-electron chi connectivity index (χ0n) is 11.3. The van der Waals surface area contributed by atoms with Crippen molar-refractivity contribution >= 4 is 10.0 Å². The molecule has 7 heteroatoms. The Morgan fingerprint density at radius 3 is 2.42 bits per heavy atom. The Balaban J connectivity index is 2.83. The maximum absolute atomic E-state index is 12.0. The van der Waals surface area contributed by atoms with Crippen LogP contribution in [0.25, 0.3) is 0 Å². The minimum Gasteiger partial charge on any atom is -0.493 e. The van der Waals surface area contributed by atoms with Gasteiger partial charge in [-0.2, -0.15) is 0 Å². The van der Waals surface area contributed by atoms with E-state index in [9.17, 15) is 8.42 Å². The Hall–Kier alpha value is -1.31. The van der Waals surface area contributed by atoms with Gasteiger partial charge in [-0.05, 0) is 19.1 Å². The van der Waals surface area contributed by atoms with Crippen LogP contribution < -0.4 is 14.2 Å².